The quantitative estimate of drug-likeness (QED) is 0.856. The molecule has 0 aliphatic carbocycles. The molecule has 0 saturated carbocycles. The molecular formula is C19H23NO3S. The molecule has 4 nitrogen and oxygen atoms in total. The summed E-state index contributed by atoms with van der Waals surface area (Å²) < 4.78 is 33.4. The summed E-state index contributed by atoms with van der Waals surface area (Å²) in [6.07, 6.45) is -0.389. The lowest BCUT2D eigenvalue weighted by Crippen LogP contribution is -2.45. The molecule has 2 aromatic rings. The van der Waals surface area contributed by atoms with Crippen molar-refractivity contribution in [2.24, 2.45) is 0 Å². The van der Waals surface area contributed by atoms with Crippen LogP contribution in [0.1, 0.15) is 29.7 Å². The molecule has 0 aromatic heterocycles. The van der Waals surface area contributed by atoms with Crippen LogP contribution in [0.3, 0.4) is 0 Å². The first-order valence-corrected chi connectivity index (χ1v) is 9.59. The third-order valence-electron chi connectivity index (χ3n) is 4.33. The summed E-state index contributed by atoms with van der Waals surface area (Å²) in [5.74, 6) is 0. The molecule has 2 aromatic carbocycles. The van der Waals surface area contributed by atoms with Crippen molar-refractivity contribution in [3.8, 4) is 0 Å². The average Bonchev–Trinajstić information content (AvgIpc) is 2.55. The molecular weight excluding hydrogens is 322 g/mol. The number of benzene rings is 2. The molecule has 0 amide bonds. The Bertz CT molecular complexity index is 798. The van der Waals surface area contributed by atoms with Crippen molar-refractivity contribution in [2.75, 3.05) is 13.1 Å². The molecule has 0 N–H and O–H groups in total. The number of nitrogens with zero attached hydrogens (tertiary/aromatic N) is 1. The number of hydrogen-bond donors (Lipinski definition) is 0. The van der Waals surface area contributed by atoms with Gasteiger partial charge >= 0.3 is 0 Å². The number of sulfonamides is 1. The lowest BCUT2D eigenvalue weighted by atomic mass is 10.1. The molecule has 0 spiro atoms. The van der Waals surface area contributed by atoms with Crippen molar-refractivity contribution in [1.29, 1.82) is 0 Å². The Morgan fingerprint density at radius 2 is 1.46 bits per heavy atom. The van der Waals surface area contributed by atoms with E-state index in [0.29, 0.717) is 18.0 Å². The first kappa shape index (κ1) is 17.1. The highest BCUT2D eigenvalue weighted by Gasteiger charge is 2.34. The molecule has 3 rings (SSSR count). The maximum absolute atomic E-state index is 12.9. The van der Waals surface area contributed by atoms with E-state index in [1.165, 1.54) is 9.87 Å². The van der Waals surface area contributed by atoms with E-state index in [2.05, 4.69) is 0 Å². The standard InChI is InChI=1S/C19H23NO3S/c1-14-4-8-17(9-5-14)19-13-20(12-16(3)23-19)24(21,22)18-10-6-15(2)7-11-18/h4-11,16,19H,12-13H2,1-3H3. The summed E-state index contributed by atoms with van der Waals surface area (Å²) in [5.41, 5.74) is 3.23. The smallest absolute Gasteiger partial charge is 0.243 e. The van der Waals surface area contributed by atoms with Crippen molar-refractivity contribution in [3.05, 3.63) is 65.2 Å². The van der Waals surface area contributed by atoms with E-state index in [0.717, 1.165) is 11.1 Å². The van der Waals surface area contributed by atoms with Crippen molar-refractivity contribution < 1.29 is 13.2 Å². The van der Waals surface area contributed by atoms with E-state index >= 15 is 0 Å². The minimum Gasteiger partial charge on any atom is -0.368 e. The van der Waals surface area contributed by atoms with Crippen LogP contribution < -0.4 is 0 Å². The van der Waals surface area contributed by atoms with Gasteiger partial charge in [-0.25, -0.2) is 8.42 Å². The second-order valence-corrected chi connectivity index (χ2v) is 8.42. The van der Waals surface area contributed by atoms with Gasteiger partial charge in [0.2, 0.25) is 10.0 Å². The largest absolute Gasteiger partial charge is 0.368 e. The lowest BCUT2D eigenvalue weighted by molar-refractivity contribution is -0.0557. The first-order valence-electron chi connectivity index (χ1n) is 8.15. The van der Waals surface area contributed by atoms with Crippen LogP contribution in [-0.2, 0) is 14.8 Å². The zero-order valence-corrected chi connectivity index (χ0v) is 15.1. The maximum atomic E-state index is 12.9. The van der Waals surface area contributed by atoms with E-state index in [-0.39, 0.29) is 12.2 Å². The van der Waals surface area contributed by atoms with Gasteiger partial charge in [0.25, 0.3) is 0 Å². The fourth-order valence-corrected chi connectivity index (χ4v) is 4.45. The van der Waals surface area contributed by atoms with E-state index in [1.54, 1.807) is 12.1 Å². The van der Waals surface area contributed by atoms with Crippen LogP contribution in [0.4, 0.5) is 0 Å². The highest BCUT2D eigenvalue weighted by atomic mass is 32.2. The third-order valence-corrected chi connectivity index (χ3v) is 6.18. The molecule has 128 valence electrons. The Morgan fingerprint density at radius 3 is 2.04 bits per heavy atom. The predicted octanol–water partition coefficient (Wildman–Crippen LogP) is 3.45. The lowest BCUT2D eigenvalue weighted by Gasteiger charge is -2.36. The summed E-state index contributed by atoms with van der Waals surface area (Å²) in [5, 5.41) is 0. The van der Waals surface area contributed by atoms with Crippen LogP contribution in [0.25, 0.3) is 0 Å². The van der Waals surface area contributed by atoms with Crippen LogP contribution in [0.5, 0.6) is 0 Å². The topological polar surface area (TPSA) is 46.6 Å². The molecule has 1 aliphatic heterocycles. The fourth-order valence-electron chi connectivity index (χ4n) is 2.93. The Labute approximate surface area is 144 Å². The monoisotopic (exact) mass is 345 g/mol. The van der Waals surface area contributed by atoms with Gasteiger partial charge in [-0.15, -0.1) is 0 Å². The van der Waals surface area contributed by atoms with Crippen LogP contribution in [0.15, 0.2) is 53.4 Å². The van der Waals surface area contributed by atoms with Crippen molar-refractivity contribution in [3.63, 3.8) is 0 Å². The Morgan fingerprint density at radius 1 is 0.917 bits per heavy atom. The third kappa shape index (κ3) is 3.53. The second kappa shape index (κ2) is 6.67. The zero-order valence-electron chi connectivity index (χ0n) is 14.3. The maximum Gasteiger partial charge on any atom is 0.243 e. The van der Waals surface area contributed by atoms with Gasteiger partial charge in [-0.2, -0.15) is 4.31 Å². The minimum atomic E-state index is -3.51. The summed E-state index contributed by atoms with van der Waals surface area (Å²) >= 11 is 0. The van der Waals surface area contributed by atoms with Gasteiger partial charge in [0, 0.05) is 13.1 Å². The summed E-state index contributed by atoms with van der Waals surface area (Å²) in [6, 6.07) is 15.1. The Balaban J connectivity index is 1.87. The van der Waals surface area contributed by atoms with Gasteiger partial charge in [0.15, 0.2) is 0 Å². The van der Waals surface area contributed by atoms with Crippen molar-refractivity contribution in [2.45, 2.75) is 37.9 Å². The number of morpholine rings is 1. The van der Waals surface area contributed by atoms with Gasteiger partial charge in [-0.1, -0.05) is 47.5 Å². The van der Waals surface area contributed by atoms with E-state index in [1.807, 2.05) is 57.2 Å². The van der Waals surface area contributed by atoms with Crippen LogP contribution in [0, 0.1) is 13.8 Å². The van der Waals surface area contributed by atoms with Gasteiger partial charge < -0.3 is 4.74 Å². The van der Waals surface area contributed by atoms with Gasteiger partial charge in [0.05, 0.1) is 17.1 Å². The fraction of sp³-hybridized carbons (Fsp3) is 0.368. The molecule has 1 saturated heterocycles. The van der Waals surface area contributed by atoms with E-state index < -0.39 is 10.0 Å². The van der Waals surface area contributed by atoms with Gasteiger partial charge in [0.1, 0.15) is 0 Å². The Hall–Kier alpha value is -1.69. The molecule has 1 aliphatic rings. The predicted molar refractivity (Wildman–Crippen MR) is 94.4 cm³/mol. The number of hydrogen-bond acceptors (Lipinski definition) is 3. The molecule has 1 fully saturated rings. The molecule has 2 unspecified atom stereocenters. The molecule has 5 heteroatoms. The zero-order chi connectivity index (χ0) is 17.3. The number of rotatable bonds is 3. The first-order chi connectivity index (χ1) is 11.4. The Kier molecular flexibility index (Phi) is 4.76. The molecule has 1 heterocycles. The molecule has 24 heavy (non-hydrogen) atoms. The SMILES string of the molecule is Cc1ccc(C2CN(S(=O)(=O)c3ccc(C)cc3)CC(C)O2)cc1. The minimum absolute atomic E-state index is 0.148. The second-order valence-electron chi connectivity index (χ2n) is 6.48. The summed E-state index contributed by atoms with van der Waals surface area (Å²) in [6.45, 7) is 6.60. The van der Waals surface area contributed by atoms with Crippen molar-refractivity contribution >= 4 is 10.0 Å². The van der Waals surface area contributed by atoms with Gasteiger partial charge in [-0.05, 0) is 38.5 Å². The van der Waals surface area contributed by atoms with E-state index in [4.69, 9.17) is 4.74 Å². The number of ether oxygens (including phenoxy) is 1. The molecule has 2 atom stereocenters. The number of aryl methyl sites for hydroxylation is 2. The van der Waals surface area contributed by atoms with Crippen LogP contribution in [-0.4, -0.2) is 31.9 Å². The van der Waals surface area contributed by atoms with Crippen LogP contribution >= 0.6 is 0 Å². The van der Waals surface area contributed by atoms with Gasteiger partial charge in [-0.3, -0.25) is 0 Å². The van der Waals surface area contributed by atoms with Crippen molar-refractivity contribution in [1.82, 2.24) is 4.31 Å². The molecule has 0 radical (unpaired) electrons. The highest BCUT2D eigenvalue weighted by Crippen LogP contribution is 2.29. The van der Waals surface area contributed by atoms with E-state index in [9.17, 15) is 8.42 Å². The molecule has 0 bridgehead atoms. The summed E-state index contributed by atoms with van der Waals surface area (Å²) in [7, 11) is -3.51. The highest BCUT2D eigenvalue weighted by molar-refractivity contribution is 7.89. The normalized spacial score (nSPS) is 22.5. The van der Waals surface area contributed by atoms with Crippen LogP contribution in [0.2, 0.25) is 0 Å². The average molecular weight is 345 g/mol. The summed E-state index contributed by atoms with van der Waals surface area (Å²) in [4.78, 5) is 0.338.